The highest BCUT2D eigenvalue weighted by atomic mass is 16.6. The van der Waals surface area contributed by atoms with Gasteiger partial charge in [0, 0.05) is 23.2 Å². The zero-order valence-electron chi connectivity index (χ0n) is 12.8. The summed E-state index contributed by atoms with van der Waals surface area (Å²) in [5, 5.41) is 25.2. The van der Waals surface area contributed by atoms with E-state index in [4.69, 9.17) is 0 Å². The lowest BCUT2D eigenvalue weighted by atomic mass is 10.0. The zero-order valence-corrected chi connectivity index (χ0v) is 12.8. The van der Waals surface area contributed by atoms with Gasteiger partial charge in [0.25, 0.3) is 11.6 Å². The molecule has 24 heavy (non-hydrogen) atoms. The average molecular weight is 322 g/mol. The number of rotatable bonds is 3. The fourth-order valence-corrected chi connectivity index (χ4v) is 2.53. The third-order valence-electron chi connectivity index (χ3n) is 3.81. The predicted molar refractivity (Wildman–Crippen MR) is 91.4 cm³/mol. The van der Waals surface area contributed by atoms with Crippen molar-refractivity contribution in [2.24, 2.45) is 0 Å². The van der Waals surface area contributed by atoms with Crippen molar-refractivity contribution in [3.63, 3.8) is 0 Å². The summed E-state index contributed by atoms with van der Waals surface area (Å²) in [6, 6.07) is 14.7. The molecule has 1 amide bonds. The van der Waals surface area contributed by atoms with Gasteiger partial charge >= 0.3 is 0 Å². The molecule has 6 nitrogen and oxygen atoms in total. The lowest BCUT2D eigenvalue weighted by Gasteiger charge is -2.11. The molecule has 2 N–H and O–H groups in total. The number of nitrogens with zero attached hydrogens (tertiary/aromatic N) is 1. The van der Waals surface area contributed by atoms with Crippen molar-refractivity contribution in [2.45, 2.75) is 6.92 Å². The van der Waals surface area contributed by atoms with Crippen LogP contribution in [0.5, 0.6) is 5.75 Å². The number of fused-ring (bicyclic) bond motifs is 1. The van der Waals surface area contributed by atoms with Gasteiger partial charge in [0.2, 0.25) is 0 Å². The SMILES string of the molecule is Cc1cc([N+](=O)[O-])ccc1NC(=O)c1ccc2ccccc2c1O. The van der Waals surface area contributed by atoms with E-state index in [0.29, 0.717) is 16.6 Å². The number of benzene rings is 3. The Kier molecular flexibility index (Phi) is 3.87. The molecule has 0 saturated heterocycles. The van der Waals surface area contributed by atoms with Crippen molar-refractivity contribution in [1.82, 2.24) is 0 Å². The number of phenols is 1. The van der Waals surface area contributed by atoms with Crippen LogP contribution in [0.15, 0.2) is 54.6 Å². The minimum absolute atomic E-state index is 0.0425. The number of nitro benzene ring substituents is 1. The van der Waals surface area contributed by atoms with E-state index < -0.39 is 10.8 Å². The summed E-state index contributed by atoms with van der Waals surface area (Å²) in [6.07, 6.45) is 0. The molecule has 3 aromatic rings. The highest BCUT2D eigenvalue weighted by Gasteiger charge is 2.16. The van der Waals surface area contributed by atoms with Gasteiger partial charge < -0.3 is 10.4 Å². The Hall–Kier alpha value is -3.41. The maximum absolute atomic E-state index is 12.4. The van der Waals surface area contributed by atoms with Crippen LogP contribution in [0, 0.1) is 17.0 Å². The molecule has 3 rings (SSSR count). The monoisotopic (exact) mass is 322 g/mol. The minimum atomic E-state index is -0.492. The first kappa shape index (κ1) is 15.5. The summed E-state index contributed by atoms with van der Waals surface area (Å²) in [5.41, 5.74) is 1.13. The Morgan fingerprint density at radius 3 is 2.58 bits per heavy atom. The molecule has 0 spiro atoms. The highest BCUT2D eigenvalue weighted by Crippen LogP contribution is 2.29. The number of hydrogen-bond acceptors (Lipinski definition) is 4. The van der Waals surface area contributed by atoms with E-state index in [2.05, 4.69) is 5.32 Å². The van der Waals surface area contributed by atoms with Gasteiger partial charge in [0.1, 0.15) is 5.75 Å². The van der Waals surface area contributed by atoms with Crippen LogP contribution in [0.2, 0.25) is 0 Å². The molecular formula is C18H14N2O4. The van der Waals surface area contributed by atoms with Crippen LogP contribution in [0.25, 0.3) is 10.8 Å². The molecule has 0 heterocycles. The predicted octanol–water partition coefficient (Wildman–Crippen LogP) is 4.01. The number of nitrogens with one attached hydrogen (secondary N) is 1. The summed E-state index contributed by atoms with van der Waals surface area (Å²) < 4.78 is 0. The number of aryl methyl sites for hydroxylation is 1. The van der Waals surface area contributed by atoms with Crippen molar-refractivity contribution in [1.29, 1.82) is 0 Å². The number of carbonyl (C=O) groups is 1. The first-order valence-corrected chi connectivity index (χ1v) is 7.24. The topological polar surface area (TPSA) is 92.5 Å². The van der Waals surface area contributed by atoms with Crippen LogP contribution in [0.4, 0.5) is 11.4 Å². The van der Waals surface area contributed by atoms with Gasteiger partial charge in [0.05, 0.1) is 10.5 Å². The summed E-state index contributed by atoms with van der Waals surface area (Å²) in [7, 11) is 0. The zero-order chi connectivity index (χ0) is 17.3. The van der Waals surface area contributed by atoms with E-state index in [0.717, 1.165) is 5.39 Å². The number of amides is 1. The Morgan fingerprint density at radius 2 is 1.88 bits per heavy atom. The Labute approximate surface area is 137 Å². The van der Waals surface area contributed by atoms with Crippen molar-refractivity contribution >= 4 is 28.1 Å². The standard InChI is InChI=1S/C18H14N2O4/c1-11-10-13(20(23)24)7-9-16(11)19-18(22)15-8-6-12-4-2-3-5-14(12)17(15)21/h2-10,21H,1H3,(H,19,22). The molecule has 0 atom stereocenters. The largest absolute Gasteiger partial charge is 0.506 e. The van der Waals surface area contributed by atoms with E-state index in [9.17, 15) is 20.0 Å². The van der Waals surface area contributed by atoms with E-state index in [-0.39, 0.29) is 17.0 Å². The summed E-state index contributed by atoms with van der Waals surface area (Å²) in [5.74, 6) is -0.569. The number of hydrogen-bond donors (Lipinski definition) is 2. The van der Waals surface area contributed by atoms with Gasteiger partial charge in [-0.25, -0.2) is 0 Å². The fraction of sp³-hybridized carbons (Fsp3) is 0.0556. The molecule has 0 aliphatic carbocycles. The minimum Gasteiger partial charge on any atom is -0.506 e. The van der Waals surface area contributed by atoms with E-state index in [1.165, 1.54) is 18.2 Å². The van der Waals surface area contributed by atoms with Gasteiger partial charge in [-0.05, 0) is 30.0 Å². The first-order chi connectivity index (χ1) is 11.5. The maximum Gasteiger partial charge on any atom is 0.269 e. The third-order valence-corrected chi connectivity index (χ3v) is 3.81. The number of nitro groups is 1. The highest BCUT2D eigenvalue weighted by molar-refractivity contribution is 6.10. The Balaban J connectivity index is 1.93. The van der Waals surface area contributed by atoms with Gasteiger partial charge in [-0.3, -0.25) is 14.9 Å². The summed E-state index contributed by atoms with van der Waals surface area (Å²) in [6.45, 7) is 1.67. The van der Waals surface area contributed by atoms with Crippen molar-refractivity contribution in [3.05, 3.63) is 75.8 Å². The Bertz CT molecular complexity index is 966. The quantitative estimate of drug-likeness (QED) is 0.563. The molecule has 6 heteroatoms. The van der Waals surface area contributed by atoms with Crippen LogP contribution >= 0.6 is 0 Å². The second kappa shape index (κ2) is 6.00. The third kappa shape index (κ3) is 2.77. The van der Waals surface area contributed by atoms with Gasteiger partial charge in [0.15, 0.2) is 0 Å². The normalized spacial score (nSPS) is 10.5. The van der Waals surface area contributed by atoms with Gasteiger partial charge in [-0.1, -0.05) is 30.3 Å². The molecule has 3 aromatic carbocycles. The van der Waals surface area contributed by atoms with Crippen molar-refractivity contribution in [2.75, 3.05) is 5.32 Å². The van der Waals surface area contributed by atoms with E-state index in [1.807, 2.05) is 12.1 Å². The molecule has 0 aromatic heterocycles. The van der Waals surface area contributed by atoms with E-state index in [1.54, 1.807) is 31.2 Å². The number of non-ortho nitro benzene ring substituents is 1. The van der Waals surface area contributed by atoms with Crippen LogP contribution < -0.4 is 5.32 Å². The lowest BCUT2D eigenvalue weighted by molar-refractivity contribution is -0.384. The van der Waals surface area contributed by atoms with Gasteiger partial charge in [-0.15, -0.1) is 0 Å². The molecule has 120 valence electrons. The average Bonchev–Trinajstić information content (AvgIpc) is 2.57. The maximum atomic E-state index is 12.4. The van der Waals surface area contributed by atoms with Crippen molar-refractivity contribution in [3.8, 4) is 5.75 Å². The van der Waals surface area contributed by atoms with Crippen LogP contribution in [-0.4, -0.2) is 15.9 Å². The molecule has 0 aliphatic heterocycles. The Morgan fingerprint density at radius 1 is 1.12 bits per heavy atom. The second-order valence-electron chi connectivity index (χ2n) is 5.39. The number of anilines is 1. The van der Waals surface area contributed by atoms with Crippen molar-refractivity contribution < 1.29 is 14.8 Å². The number of aromatic hydroxyl groups is 1. The number of carbonyl (C=O) groups excluding carboxylic acids is 1. The lowest BCUT2D eigenvalue weighted by Crippen LogP contribution is -2.13. The first-order valence-electron chi connectivity index (χ1n) is 7.24. The van der Waals surface area contributed by atoms with Crippen LogP contribution in [0.1, 0.15) is 15.9 Å². The number of phenolic OH excluding ortho intramolecular Hbond substituents is 1. The van der Waals surface area contributed by atoms with Crippen LogP contribution in [0.3, 0.4) is 0 Å². The second-order valence-corrected chi connectivity index (χ2v) is 5.39. The summed E-state index contributed by atoms with van der Waals surface area (Å²) >= 11 is 0. The van der Waals surface area contributed by atoms with Gasteiger partial charge in [-0.2, -0.15) is 0 Å². The molecule has 0 fully saturated rings. The molecule has 0 unspecified atom stereocenters. The van der Waals surface area contributed by atoms with Crippen LogP contribution in [-0.2, 0) is 0 Å². The summed E-state index contributed by atoms with van der Waals surface area (Å²) in [4.78, 5) is 22.7. The molecular weight excluding hydrogens is 308 g/mol. The fourth-order valence-electron chi connectivity index (χ4n) is 2.53. The smallest absolute Gasteiger partial charge is 0.269 e. The molecule has 0 bridgehead atoms. The molecule has 0 saturated carbocycles. The van der Waals surface area contributed by atoms with E-state index >= 15 is 0 Å². The molecule has 0 aliphatic rings. The molecule has 0 radical (unpaired) electrons.